The molecule has 0 atom stereocenters. The fourth-order valence-electron chi connectivity index (χ4n) is 2.28. The lowest BCUT2D eigenvalue weighted by Crippen LogP contribution is -2.37. The van der Waals surface area contributed by atoms with Crippen molar-refractivity contribution < 1.29 is 4.79 Å². The first-order valence-electron chi connectivity index (χ1n) is 6.27. The molecular formula is C12H25N3O. The highest BCUT2D eigenvalue weighted by molar-refractivity contribution is 5.76. The summed E-state index contributed by atoms with van der Waals surface area (Å²) in [6, 6.07) is 0.595. The second-order valence-electron chi connectivity index (χ2n) is 5.06. The Bertz CT molecular complexity index is 210. The molecule has 0 aromatic heterocycles. The maximum Gasteiger partial charge on any atom is 0.220 e. The largest absolute Gasteiger partial charge is 0.369 e. The minimum Gasteiger partial charge on any atom is -0.369 e. The number of rotatable bonds is 6. The first kappa shape index (κ1) is 13.5. The standard InChI is InChI=1S/C12H25N3O/c1-15(2)9-3-8-14-11-6-4-10(5-7-11)12(13)16/h10-11,14H,3-9H2,1-2H3,(H2,13,16). The van der Waals surface area contributed by atoms with Crippen LogP contribution in [-0.2, 0) is 4.79 Å². The number of carbonyl (C=O) groups excluding carboxylic acids is 1. The van der Waals surface area contributed by atoms with Crippen molar-refractivity contribution in [1.29, 1.82) is 0 Å². The predicted octanol–water partition coefficient (Wildman–Crippen LogP) is 0.572. The molecule has 0 aliphatic heterocycles. The summed E-state index contributed by atoms with van der Waals surface area (Å²) in [5, 5.41) is 3.56. The van der Waals surface area contributed by atoms with Gasteiger partial charge >= 0.3 is 0 Å². The van der Waals surface area contributed by atoms with Crippen LogP contribution in [0.25, 0.3) is 0 Å². The van der Waals surface area contributed by atoms with Crippen LogP contribution in [0.15, 0.2) is 0 Å². The number of nitrogens with two attached hydrogens (primary N) is 1. The summed E-state index contributed by atoms with van der Waals surface area (Å²) < 4.78 is 0. The van der Waals surface area contributed by atoms with Crippen molar-refractivity contribution in [3.8, 4) is 0 Å². The van der Waals surface area contributed by atoms with Gasteiger partial charge < -0.3 is 16.0 Å². The molecule has 16 heavy (non-hydrogen) atoms. The number of hydrogen-bond acceptors (Lipinski definition) is 3. The van der Waals surface area contributed by atoms with E-state index in [1.54, 1.807) is 0 Å². The van der Waals surface area contributed by atoms with Gasteiger partial charge in [-0.2, -0.15) is 0 Å². The molecule has 3 N–H and O–H groups in total. The van der Waals surface area contributed by atoms with Crippen molar-refractivity contribution >= 4 is 5.91 Å². The molecule has 1 fully saturated rings. The Morgan fingerprint density at radius 2 is 1.94 bits per heavy atom. The van der Waals surface area contributed by atoms with E-state index in [1.165, 1.54) is 6.42 Å². The van der Waals surface area contributed by atoms with Gasteiger partial charge in [0.2, 0.25) is 5.91 Å². The highest BCUT2D eigenvalue weighted by Crippen LogP contribution is 2.23. The van der Waals surface area contributed by atoms with Gasteiger partial charge in [-0.3, -0.25) is 4.79 Å². The molecule has 0 saturated heterocycles. The van der Waals surface area contributed by atoms with Crippen LogP contribution in [0.3, 0.4) is 0 Å². The highest BCUT2D eigenvalue weighted by atomic mass is 16.1. The van der Waals surface area contributed by atoms with Gasteiger partial charge in [-0.15, -0.1) is 0 Å². The van der Waals surface area contributed by atoms with Crippen LogP contribution in [-0.4, -0.2) is 44.0 Å². The molecule has 94 valence electrons. The van der Waals surface area contributed by atoms with E-state index in [0.717, 1.165) is 38.8 Å². The van der Waals surface area contributed by atoms with Gasteiger partial charge in [0.15, 0.2) is 0 Å². The third-order valence-corrected chi connectivity index (χ3v) is 3.34. The maximum absolute atomic E-state index is 11.0. The lowest BCUT2D eigenvalue weighted by molar-refractivity contribution is -0.122. The topological polar surface area (TPSA) is 58.4 Å². The molecule has 0 bridgehead atoms. The van der Waals surface area contributed by atoms with Gasteiger partial charge in [0.1, 0.15) is 0 Å². The second kappa shape index (κ2) is 6.86. The molecule has 4 heteroatoms. The Morgan fingerprint density at radius 3 is 2.44 bits per heavy atom. The molecule has 0 aromatic rings. The number of amides is 1. The molecule has 0 unspecified atom stereocenters. The van der Waals surface area contributed by atoms with Crippen LogP contribution in [0.4, 0.5) is 0 Å². The summed E-state index contributed by atoms with van der Waals surface area (Å²) in [6.45, 7) is 2.20. The van der Waals surface area contributed by atoms with E-state index in [9.17, 15) is 4.79 Å². The molecule has 1 aliphatic rings. The van der Waals surface area contributed by atoms with Crippen molar-refractivity contribution in [1.82, 2.24) is 10.2 Å². The number of nitrogens with zero attached hydrogens (tertiary/aromatic N) is 1. The van der Waals surface area contributed by atoms with E-state index in [1.807, 2.05) is 0 Å². The molecule has 1 saturated carbocycles. The zero-order chi connectivity index (χ0) is 12.0. The van der Waals surface area contributed by atoms with Crippen molar-refractivity contribution in [3.63, 3.8) is 0 Å². The Labute approximate surface area is 98.6 Å². The SMILES string of the molecule is CN(C)CCCNC1CCC(C(N)=O)CC1. The summed E-state index contributed by atoms with van der Waals surface area (Å²) in [5.41, 5.74) is 5.30. The van der Waals surface area contributed by atoms with Crippen LogP contribution >= 0.6 is 0 Å². The van der Waals surface area contributed by atoms with Gasteiger partial charge in [-0.25, -0.2) is 0 Å². The summed E-state index contributed by atoms with van der Waals surface area (Å²) in [5.74, 6) is 0.00545. The Kier molecular flexibility index (Phi) is 5.77. The fourth-order valence-corrected chi connectivity index (χ4v) is 2.28. The number of nitrogens with one attached hydrogen (secondary N) is 1. The van der Waals surface area contributed by atoms with Crippen LogP contribution in [0.5, 0.6) is 0 Å². The maximum atomic E-state index is 11.0. The summed E-state index contributed by atoms with van der Waals surface area (Å²) >= 11 is 0. The van der Waals surface area contributed by atoms with E-state index in [0.29, 0.717) is 6.04 Å². The smallest absolute Gasteiger partial charge is 0.220 e. The van der Waals surface area contributed by atoms with Gasteiger partial charge in [0.25, 0.3) is 0 Å². The third-order valence-electron chi connectivity index (χ3n) is 3.34. The summed E-state index contributed by atoms with van der Waals surface area (Å²) in [6.07, 6.45) is 5.29. The van der Waals surface area contributed by atoms with E-state index in [-0.39, 0.29) is 11.8 Å². The minimum atomic E-state index is -0.119. The van der Waals surface area contributed by atoms with E-state index < -0.39 is 0 Å². The molecule has 4 nitrogen and oxygen atoms in total. The zero-order valence-corrected chi connectivity index (χ0v) is 10.5. The molecule has 0 aromatic carbocycles. The van der Waals surface area contributed by atoms with Gasteiger partial charge in [-0.1, -0.05) is 0 Å². The van der Waals surface area contributed by atoms with Crippen molar-refractivity contribution in [2.45, 2.75) is 38.1 Å². The highest BCUT2D eigenvalue weighted by Gasteiger charge is 2.23. The van der Waals surface area contributed by atoms with E-state index in [2.05, 4.69) is 24.3 Å². The average Bonchev–Trinajstić information content (AvgIpc) is 2.25. The summed E-state index contributed by atoms with van der Waals surface area (Å²) in [7, 11) is 4.19. The van der Waals surface area contributed by atoms with Crippen LogP contribution in [0, 0.1) is 5.92 Å². The Morgan fingerprint density at radius 1 is 1.31 bits per heavy atom. The number of carbonyl (C=O) groups is 1. The molecule has 0 radical (unpaired) electrons. The fraction of sp³-hybridized carbons (Fsp3) is 0.917. The minimum absolute atomic E-state index is 0.119. The number of primary amides is 1. The number of hydrogen-bond donors (Lipinski definition) is 2. The molecule has 1 amide bonds. The van der Waals surface area contributed by atoms with Crippen LogP contribution in [0.2, 0.25) is 0 Å². The van der Waals surface area contributed by atoms with E-state index in [4.69, 9.17) is 5.73 Å². The zero-order valence-electron chi connectivity index (χ0n) is 10.5. The monoisotopic (exact) mass is 227 g/mol. The first-order chi connectivity index (χ1) is 7.59. The lowest BCUT2D eigenvalue weighted by atomic mass is 9.85. The van der Waals surface area contributed by atoms with Gasteiger partial charge in [0.05, 0.1) is 0 Å². The van der Waals surface area contributed by atoms with Crippen molar-refractivity contribution in [2.75, 3.05) is 27.2 Å². The van der Waals surface area contributed by atoms with Crippen LogP contribution < -0.4 is 11.1 Å². The van der Waals surface area contributed by atoms with Gasteiger partial charge in [-0.05, 0) is 59.3 Å². The second-order valence-corrected chi connectivity index (χ2v) is 5.06. The Hall–Kier alpha value is -0.610. The van der Waals surface area contributed by atoms with E-state index >= 15 is 0 Å². The molecule has 1 aliphatic carbocycles. The molecule has 0 heterocycles. The molecule has 0 spiro atoms. The molecule has 1 rings (SSSR count). The third kappa shape index (κ3) is 4.94. The summed E-state index contributed by atoms with van der Waals surface area (Å²) in [4.78, 5) is 13.2. The lowest BCUT2D eigenvalue weighted by Gasteiger charge is -2.27. The Balaban J connectivity index is 2.06. The predicted molar refractivity (Wildman–Crippen MR) is 66.1 cm³/mol. The normalized spacial score (nSPS) is 25.9. The van der Waals surface area contributed by atoms with Crippen molar-refractivity contribution in [2.24, 2.45) is 11.7 Å². The van der Waals surface area contributed by atoms with Crippen molar-refractivity contribution in [3.05, 3.63) is 0 Å². The molecular weight excluding hydrogens is 202 g/mol. The quantitative estimate of drug-likeness (QED) is 0.652. The first-order valence-corrected chi connectivity index (χ1v) is 6.27. The van der Waals surface area contributed by atoms with Gasteiger partial charge in [0, 0.05) is 12.0 Å². The average molecular weight is 227 g/mol. The van der Waals surface area contributed by atoms with Crippen LogP contribution in [0.1, 0.15) is 32.1 Å².